The summed E-state index contributed by atoms with van der Waals surface area (Å²) in [7, 11) is 1.54. The lowest BCUT2D eigenvalue weighted by Crippen LogP contribution is -2.02. The monoisotopic (exact) mass is 180 g/mol. The maximum atomic E-state index is 10.8. The van der Waals surface area contributed by atoms with Crippen molar-refractivity contribution in [1.29, 1.82) is 0 Å². The summed E-state index contributed by atoms with van der Waals surface area (Å²) in [6.07, 6.45) is 0. The van der Waals surface area contributed by atoms with E-state index in [1.54, 1.807) is 13.0 Å². The summed E-state index contributed by atoms with van der Waals surface area (Å²) in [5, 5.41) is 8.85. The van der Waals surface area contributed by atoms with Crippen LogP contribution in [0.2, 0.25) is 0 Å². The lowest BCUT2D eigenvalue weighted by Gasteiger charge is -2.08. The molecule has 0 aliphatic carbocycles. The minimum Gasteiger partial charge on any atom is -0.496 e. The van der Waals surface area contributed by atoms with Crippen LogP contribution in [0.1, 0.15) is 21.5 Å². The highest BCUT2D eigenvalue weighted by Crippen LogP contribution is 2.23. The van der Waals surface area contributed by atoms with Crippen LogP contribution in [0.4, 0.5) is 0 Å². The molecule has 1 aromatic carbocycles. The number of aromatic carboxylic acids is 1. The van der Waals surface area contributed by atoms with E-state index >= 15 is 0 Å². The molecule has 0 atom stereocenters. The minimum atomic E-state index is -0.917. The van der Waals surface area contributed by atoms with Crippen LogP contribution in [-0.4, -0.2) is 18.2 Å². The third-order valence-corrected chi connectivity index (χ3v) is 1.95. The number of ether oxygens (including phenoxy) is 1. The lowest BCUT2D eigenvalue weighted by molar-refractivity contribution is 0.0695. The van der Waals surface area contributed by atoms with Gasteiger partial charge >= 0.3 is 5.97 Å². The van der Waals surface area contributed by atoms with Crippen molar-refractivity contribution >= 4 is 5.97 Å². The van der Waals surface area contributed by atoms with E-state index in [0.717, 1.165) is 5.56 Å². The van der Waals surface area contributed by atoms with Crippen molar-refractivity contribution in [3.05, 3.63) is 28.8 Å². The van der Waals surface area contributed by atoms with Crippen molar-refractivity contribution in [1.82, 2.24) is 0 Å². The number of aryl methyl sites for hydroxylation is 1. The Kier molecular flexibility index (Phi) is 2.56. The van der Waals surface area contributed by atoms with E-state index in [2.05, 4.69) is 0 Å². The van der Waals surface area contributed by atoms with E-state index in [0.29, 0.717) is 16.9 Å². The van der Waals surface area contributed by atoms with Crippen molar-refractivity contribution in [2.24, 2.45) is 0 Å². The van der Waals surface area contributed by atoms with Gasteiger partial charge in [0, 0.05) is 5.56 Å². The molecule has 0 amide bonds. The summed E-state index contributed by atoms with van der Waals surface area (Å²) < 4.78 is 5.05. The molecule has 0 bridgehead atoms. The van der Waals surface area contributed by atoms with Crippen LogP contribution in [0.25, 0.3) is 0 Å². The number of carbonyl (C=O) groups is 1. The van der Waals surface area contributed by atoms with Gasteiger partial charge in [-0.2, -0.15) is 0 Å². The molecule has 3 nitrogen and oxygen atoms in total. The molecule has 0 fully saturated rings. The van der Waals surface area contributed by atoms with Gasteiger partial charge in [0.15, 0.2) is 0 Å². The van der Waals surface area contributed by atoms with Gasteiger partial charge in [-0.25, -0.2) is 4.79 Å². The largest absolute Gasteiger partial charge is 0.496 e. The summed E-state index contributed by atoms with van der Waals surface area (Å²) in [6.45, 7) is 3.58. The van der Waals surface area contributed by atoms with Gasteiger partial charge in [0.25, 0.3) is 0 Å². The van der Waals surface area contributed by atoms with Gasteiger partial charge in [0.1, 0.15) is 5.75 Å². The second kappa shape index (κ2) is 3.47. The van der Waals surface area contributed by atoms with Crippen LogP contribution in [0.15, 0.2) is 12.1 Å². The third kappa shape index (κ3) is 1.80. The van der Waals surface area contributed by atoms with E-state index in [-0.39, 0.29) is 0 Å². The number of carboxylic acid groups (broad SMARTS) is 1. The number of methoxy groups -OCH3 is 1. The van der Waals surface area contributed by atoms with Crippen molar-refractivity contribution in [2.45, 2.75) is 13.8 Å². The van der Waals surface area contributed by atoms with Gasteiger partial charge in [-0.3, -0.25) is 0 Å². The maximum absolute atomic E-state index is 10.8. The molecular formula is C10H12O3. The van der Waals surface area contributed by atoms with E-state index in [1.807, 2.05) is 13.0 Å². The topological polar surface area (TPSA) is 46.5 Å². The van der Waals surface area contributed by atoms with Gasteiger partial charge in [0.2, 0.25) is 0 Å². The molecule has 0 aliphatic rings. The molecule has 0 aliphatic heterocycles. The fraction of sp³-hybridized carbons (Fsp3) is 0.300. The summed E-state index contributed by atoms with van der Waals surface area (Å²) in [5.41, 5.74) is 1.86. The normalized spacial score (nSPS) is 9.77. The maximum Gasteiger partial charge on any atom is 0.336 e. The average Bonchev–Trinajstić information content (AvgIpc) is 2.08. The first-order chi connectivity index (χ1) is 6.06. The molecule has 0 saturated carbocycles. The van der Waals surface area contributed by atoms with Crippen LogP contribution in [0.5, 0.6) is 5.75 Å². The number of hydrogen-bond acceptors (Lipinski definition) is 2. The second-order valence-corrected chi connectivity index (χ2v) is 2.94. The predicted molar refractivity (Wildman–Crippen MR) is 49.4 cm³/mol. The predicted octanol–water partition coefficient (Wildman–Crippen LogP) is 2.01. The molecule has 1 rings (SSSR count). The molecule has 1 N–H and O–H groups in total. The fourth-order valence-corrected chi connectivity index (χ4v) is 1.26. The lowest BCUT2D eigenvalue weighted by atomic mass is 10.0. The fourth-order valence-electron chi connectivity index (χ4n) is 1.26. The quantitative estimate of drug-likeness (QED) is 0.757. The Morgan fingerprint density at radius 1 is 1.38 bits per heavy atom. The van der Waals surface area contributed by atoms with Gasteiger partial charge in [-0.15, -0.1) is 0 Å². The number of carboxylic acids is 1. The zero-order valence-corrected chi connectivity index (χ0v) is 7.92. The molecule has 13 heavy (non-hydrogen) atoms. The molecule has 3 heteroatoms. The van der Waals surface area contributed by atoms with Crippen LogP contribution >= 0.6 is 0 Å². The highest BCUT2D eigenvalue weighted by atomic mass is 16.5. The first-order valence-electron chi connectivity index (χ1n) is 3.94. The Hall–Kier alpha value is -1.51. The van der Waals surface area contributed by atoms with E-state index in [9.17, 15) is 4.79 Å². The van der Waals surface area contributed by atoms with E-state index < -0.39 is 5.97 Å². The van der Waals surface area contributed by atoms with Crippen molar-refractivity contribution in [2.75, 3.05) is 7.11 Å². The highest BCUT2D eigenvalue weighted by molar-refractivity contribution is 5.90. The SMILES string of the molecule is COc1cc(C)cc(C(=O)O)c1C. The molecule has 0 saturated heterocycles. The van der Waals surface area contributed by atoms with Crippen molar-refractivity contribution < 1.29 is 14.6 Å². The third-order valence-electron chi connectivity index (χ3n) is 1.95. The summed E-state index contributed by atoms with van der Waals surface area (Å²) in [6, 6.07) is 3.46. The molecular weight excluding hydrogens is 168 g/mol. The second-order valence-electron chi connectivity index (χ2n) is 2.94. The van der Waals surface area contributed by atoms with Gasteiger partial charge < -0.3 is 9.84 Å². The van der Waals surface area contributed by atoms with E-state index in [1.165, 1.54) is 7.11 Å². The molecule has 0 unspecified atom stereocenters. The van der Waals surface area contributed by atoms with Gasteiger partial charge in [-0.05, 0) is 31.5 Å². The zero-order valence-electron chi connectivity index (χ0n) is 7.92. The highest BCUT2D eigenvalue weighted by Gasteiger charge is 2.11. The molecule has 0 radical (unpaired) electrons. The Morgan fingerprint density at radius 2 is 2.00 bits per heavy atom. The number of hydrogen-bond donors (Lipinski definition) is 1. The summed E-state index contributed by atoms with van der Waals surface area (Å²) >= 11 is 0. The van der Waals surface area contributed by atoms with E-state index in [4.69, 9.17) is 9.84 Å². The number of rotatable bonds is 2. The Labute approximate surface area is 77.0 Å². The van der Waals surface area contributed by atoms with Crippen LogP contribution in [0, 0.1) is 13.8 Å². The Morgan fingerprint density at radius 3 is 2.46 bits per heavy atom. The van der Waals surface area contributed by atoms with Crippen molar-refractivity contribution in [3.63, 3.8) is 0 Å². The molecule has 0 heterocycles. The summed E-state index contributed by atoms with van der Waals surface area (Å²) in [5.74, 6) is -0.295. The molecule has 70 valence electrons. The van der Waals surface area contributed by atoms with Gasteiger partial charge in [0.05, 0.1) is 12.7 Å². The number of benzene rings is 1. The first kappa shape index (κ1) is 9.58. The summed E-state index contributed by atoms with van der Waals surface area (Å²) in [4.78, 5) is 10.8. The Balaban J connectivity index is 3.35. The molecule has 0 aromatic heterocycles. The van der Waals surface area contributed by atoms with Crippen LogP contribution in [-0.2, 0) is 0 Å². The van der Waals surface area contributed by atoms with Crippen molar-refractivity contribution in [3.8, 4) is 5.75 Å². The van der Waals surface area contributed by atoms with Crippen LogP contribution in [0.3, 0.4) is 0 Å². The van der Waals surface area contributed by atoms with Gasteiger partial charge in [-0.1, -0.05) is 0 Å². The molecule has 0 spiro atoms. The smallest absolute Gasteiger partial charge is 0.336 e. The first-order valence-corrected chi connectivity index (χ1v) is 3.94. The zero-order chi connectivity index (χ0) is 10.0. The average molecular weight is 180 g/mol. The minimum absolute atomic E-state index is 0.303. The Bertz CT molecular complexity index is 342. The van der Waals surface area contributed by atoms with Crippen LogP contribution < -0.4 is 4.74 Å². The standard InChI is InChI=1S/C10H12O3/c1-6-4-8(10(11)12)7(2)9(5-6)13-3/h4-5H,1-3H3,(H,11,12). The molecule has 1 aromatic rings.